The summed E-state index contributed by atoms with van der Waals surface area (Å²) in [4.78, 5) is 12.6. The molecule has 5 unspecified atom stereocenters. The molecule has 0 spiro atoms. The number of aliphatic hydroxyl groups is 2. The summed E-state index contributed by atoms with van der Waals surface area (Å²) in [6.07, 6.45) is 9.79. The number of benzene rings is 2. The van der Waals surface area contributed by atoms with Gasteiger partial charge in [-0.1, -0.05) is 64.4 Å². The van der Waals surface area contributed by atoms with Gasteiger partial charge in [0.2, 0.25) is 0 Å². The normalized spacial score (nSPS) is 38.5. The predicted octanol–water partition coefficient (Wildman–Crippen LogP) is 6.87. The standard InChI is InChI=1S/C37H54N2O5S/c1-5-28-32-22-26(40)16-18-37(32,4)31-17-19-36(3)29(14-15-30(36)33(31)34(28)41)23(2)9-8-20-38-35(42)39-45(43,44)27-13-12-24-10-6-7-11-25(24)21-27/h6-7,10-13,21,23,26,28-34,40-41H,5,8-9,14-20,22H2,1-4H3,(H2,38,39,42)/t23-,26-,28-,29?,30+,31?,32?,33+,34-,36?,37?/m1/s1. The van der Waals surface area contributed by atoms with E-state index in [1.165, 1.54) is 31.7 Å². The van der Waals surface area contributed by atoms with Gasteiger partial charge in [0.05, 0.1) is 17.1 Å². The van der Waals surface area contributed by atoms with Crippen LogP contribution in [0, 0.1) is 52.3 Å². The lowest BCUT2D eigenvalue weighted by Gasteiger charge is -2.64. The van der Waals surface area contributed by atoms with Gasteiger partial charge in [-0.3, -0.25) is 0 Å². The summed E-state index contributed by atoms with van der Waals surface area (Å²) in [7, 11) is -3.97. The van der Waals surface area contributed by atoms with Gasteiger partial charge in [0.15, 0.2) is 0 Å². The molecule has 0 aliphatic heterocycles. The Labute approximate surface area is 270 Å². The van der Waals surface area contributed by atoms with Crippen LogP contribution in [0.2, 0.25) is 0 Å². The average molecular weight is 639 g/mol. The Bertz CT molecular complexity index is 1500. The van der Waals surface area contributed by atoms with Crippen molar-refractivity contribution in [3.63, 3.8) is 0 Å². The number of carbonyl (C=O) groups is 1. The van der Waals surface area contributed by atoms with Crippen LogP contribution in [0.1, 0.15) is 91.9 Å². The zero-order valence-electron chi connectivity index (χ0n) is 27.5. The molecule has 0 radical (unpaired) electrons. The summed E-state index contributed by atoms with van der Waals surface area (Å²) < 4.78 is 27.9. The third-order valence-electron chi connectivity index (χ3n) is 13.5. The molecule has 4 aliphatic rings. The molecule has 2 aromatic rings. The Morgan fingerprint density at radius 3 is 2.42 bits per heavy atom. The third kappa shape index (κ3) is 5.82. The van der Waals surface area contributed by atoms with Crippen LogP contribution in [0.3, 0.4) is 0 Å². The van der Waals surface area contributed by atoms with Gasteiger partial charge in [-0.15, -0.1) is 0 Å². The molecule has 2 amide bonds. The number of aliphatic hydroxyl groups excluding tert-OH is 2. The highest BCUT2D eigenvalue weighted by Crippen LogP contribution is 2.69. The van der Waals surface area contributed by atoms with E-state index in [2.05, 4.69) is 37.7 Å². The van der Waals surface area contributed by atoms with Gasteiger partial charge < -0.3 is 15.5 Å². The maximum Gasteiger partial charge on any atom is 0.328 e. The van der Waals surface area contributed by atoms with Crippen molar-refractivity contribution in [3.05, 3.63) is 42.5 Å². The third-order valence-corrected chi connectivity index (χ3v) is 14.9. The maximum absolute atomic E-state index is 12.8. The molecule has 11 atom stereocenters. The molecular weight excluding hydrogens is 584 g/mol. The number of fused-ring (bicyclic) bond motifs is 6. The van der Waals surface area contributed by atoms with Crippen LogP contribution in [-0.2, 0) is 10.0 Å². The molecule has 45 heavy (non-hydrogen) atoms. The second-order valence-electron chi connectivity index (χ2n) is 15.6. The monoisotopic (exact) mass is 638 g/mol. The zero-order valence-corrected chi connectivity index (χ0v) is 28.4. The van der Waals surface area contributed by atoms with Gasteiger partial charge in [0, 0.05) is 6.54 Å². The molecule has 0 bridgehead atoms. The van der Waals surface area contributed by atoms with Gasteiger partial charge in [-0.2, -0.15) is 0 Å². The topological polar surface area (TPSA) is 116 Å². The van der Waals surface area contributed by atoms with Crippen molar-refractivity contribution >= 4 is 26.8 Å². The fraction of sp³-hybridized carbons (Fsp3) is 0.703. The van der Waals surface area contributed by atoms with E-state index in [0.717, 1.165) is 49.3 Å². The van der Waals surface area contributed by atoms with Crippen molar-refractivity contribution in [2.24, 2.45) is 52.3 Å². The minimum atomic E-state index is -3.97. The van der Waals surface area contributed by atoms with Crippen molar-refractivity contribution in [3.8, 4) is 0 Å². The van der Waals surface area contributed by atoms with E-state index >= 15 is 0 Å². The van der Waals surface area contributed by atoms with Crippen molar-refractivity contribution in [1.82, 2.24) is 10.0 Å². The highest BCUT2D eigenvalue weighted by Gasteiger charge is 2.64. The number of rotatable bonds is 8. The van der Waals surface area contributed by atoms with Gasteiger partial charge in [-0.05, 0) is 133 Å². The van der Waals surface area contributed by atoms with Crippen molar-refractivity contribution < 1.29 is 23.4 Å². The van der Waals surface area contributed by atoms with Crippen molar-refractivity contribution in [2.45, 2.75) is 109 Å². The van der Waals surface area contributed by atoms with Crippen LogP contribution < -0.4 is 10.0 Å². The smallest absolute Gasteiger partial charge is 0.328 e. The molecule has 6 rings (SSSR count). The SMILES string of the molecule is CC[C@@H]1C2C[C@H](O)CCC2(C)C2CCC3(C)C([C@H](C)CCCNC(=O)NS(=O)(=O)c4ccc5ccccc5c4)CC[C@H]3[C@@H]2[C@@H]1O. The molecule has 4 fully saturated rings. The second-order valence-corrected chi connectivity index (χ2v) is 17.3. The summed E-state index contributed by atoms with van der Waals surface area (Å²) in [5.74, 6) is 3.16. The highest BCUT2D eigenvalue weighted by atomic mass is 32.2. The van der Waals surface area contributed by atoms with E-state index in [4.69, 9.17) is 0 Å². The van der Waals surface area contributed by atoms with Gasteiger partial charge in [-0.25, -0.2) is 17.9 Å². The molecule has 4 saturated carbocycles. The van der Waals surface area contributed by atoms with Crippen molar-refractivity contribution in [2.75, 3.05) is 6.54 Å². The molecule has 248 valence electrons. The number of hydrogen-bond donors (Lipinski definition) is 4. The fourth-order valence-electron chi connectivity index (χ4n) is 11.3. The van der Waals surface area contributed by atoms with E-state index in [-0.39, 0.29) is 33.9 Å². The van der Waals surface area contributed by atoms with E-state index in [0.29, 0.717) is 42.1 Å². The van der Waals surface area contributed by atoms with E-state index in [1.54, 1.807) is 12.1 Å². The van der Waals surface area contributed by atoms with Gasteiger partial charge in [0.25, 0.3) is 10.0 Å². The summed E-state index contributed by atoms with van der Waals surface area (Å²) >= 11 is 0. The number of sulfonamides is 1. The first-order chi connectivity index (χ1) is 21.4. The first kappa shape index (κ1) is 32.8. The average Bonchev–Trinajstić information content (AvgIpc) is 3.37. The molecule has 0 aromatic heterocycles. The summed E-state index contributed by atoms with van der Waals surface area (Å²) in [6, 6.07) is 11.7. The minimum absolute atomic E-state index is 0.0719. The number of urea groups is 1. The Hall–Kier alpha value is -2.16. The predicted molar refractivity (Wildman–Crippen MR) is 178 cm³/mol. The highest BCUT2D eigenvalue weighted by molar-refractivity contribution is 7.90. The van der Waals surface area contributed by atoms with Crippen molar-refractivity contribution in [1.29, 1.82) is 0 Å². The lowest BCUT2D eigenvalue weighted by atomic mass is 9.41. The molecule has 0 heterocycles. The molecule has 7 nitrogen and oxygen atoms in total. The van der Waals surface area contributed by atoms with E-state index in [1.807, 2.05) is 24.3 Å². The zero-order chi connectivity index (χ0) is 32.1. The fourth-order valence-corrected chi connectivity index (χ4v) is 12.3. The maximum atomic E-state index is 12.8. The number of hydrogen-bond acceptors (Lipinski definition) is 5. The Morgan fingerprint density at radius 2 is 1.67 bits per heavy atom. The lowest BCUT2D eigenvalue weighted by Crippen LogP contribution is -2.62. The van der Waals surface area contributed by atoms with Crippen LogP contribution in [0.5, 0.6) is 0 Å². The number of amides is 2. The first-order valence-corrected chi connectivity index (χ1v) is 19.0. The number of carbonyl (C=O) groups excluding carboxylic acids is 1. The first-order valence-electron chi connectivity index (χ1n) is 17.5. The van der Waals surface area contributed by atoms with Gasteiger partial charge >= 0.3 is 6.03 Å². The summed E-state index contributed by atoms with van der Waals surface area (Å²) in [5, 5.41) is 27.0. The quantitative estimate of drug-likeness (QED) is 0.236. The molecule has 4 aliphatic carbocycles. The van der Waals surface area contributed by atoms with Crippen LogP contribution in [0.25, 0.3) is 10.8 Å². The largest absolute Gasteiger partial charge is 0.393 e. The van der Waals surface area contributed by atoms with Crippen LogP contribution in [0.15, 0.2) is 47.4 Å². The molecule has 8 heteroatoms. The van der Waals surface area contributed by atoms with Crippen LogP contribution in [-0.4, -0.2) is 43.4 Å². The molecule has 0 saturated heterocycles. The Kier molecular flexibility index (Phi) is 9.07. The van der Waals surface area contributed by atoms with Crippen LogP contribution in [0.4, 0.5) is 4.79 Å². The van der Waals surface area contributed by atoms with Crippen LogP contribution >= 0.6 is 0 Å². The minimum Gasteiger partial charge on any atom is -0.393 e. The molecule has 4 N–H and O–H groups in total. The number of nitrogens with one attached hydrogen (secondary N) is 2. The Morgan fingerprint density at radius 1 is 0.956 bits per heavy atom. The summed E-state index contributed by atoms with van der Waals surface area (Å²) in [5.41, 5.74) is 0.416. The van der Waals surface area contributed by atoms with Gasteiger partial charge in [0.1, 0.15) is 0 Å². The second kappa shape index (κ2) is 12.5. The molecule has 2 aromatic carbocycles. The lowest BCUT2D eigenvalue weighted by molar-refractivity contribution is -0.203. The Balaban J connectivity index is 1.04. The van der Waals surface area contributed by atoms with E-state index in [9.17, 15) is 23.4 Å². The molecular formula is C37H54N2O5S. The summed E-state index contributed by atoms with van der Waals surface area (Å²) in [6.45, 7) is 9.98. The van der Waals surface area contributed by atoms with E-state index < -0.39 is 16.1 Å².